The van der Waals surface area contributed by atoms with Crippen LogP contribution < -0.4 is 5.32 Å². The summed E-state index contributed by atoms with van der Waals surface area (Å²) in [5.41, 5.74) is 3.49. The number of halogens is 1. The molecule has 3 heterocycles. The van der Waals surface area contributed by atoms with Gasteiger partial charge in [0.05, 0.1) is 18.2 Å². The van der Waals surface area contributed by atoms with Gasteiger partial charge in [0, 0.05) is 38.4 Å². The summed E-state index contributed by atoms with van der Waals surface area (Å²) in [6.45, 7) is 5.80. The van der Waals surface area contributed by atoms with Crippen LogP contribution in [-0.4, -0.2) is 48.5 Å². The van der Waals surface area contributed by atoms with Crippen LogP contribution in [0, 0.1) is 5.41 Å². The quantitative estimate of drug-likeness (QED) is 0.834. The number of hydrogen-bond acceptors (Lipinski definition) is 5. The minimum Gasteiger partial charge on any atom is -0.383 e. The molecule has 1 aliphatic carbocycles. The van der Waals surface area contributed by atoms with Gasteiger partial charge in [0.2, 0.25) is 0 Å². The number of ether oxygens (including phenoxy) is 2. The summed E-state index contributed by atoms with van der Waals surface area (Å²) in [7, 11) is 3.48. The number of methoxy groups -OCH3 is 2. The fraction of sp³-hybridized carbons (Fsp3) is 0.684. The van der Waals surface area contributed by atoms with Crippen molar-refractivity contribution in [1.82, 2.24) is 19.9 Å². The summed E-state index contributed by atoms with van der Waals surface area (Å²) in [6.07, 6.45) is 5.69. The standard InChI is InChI=1S/C19H28N4O2.ClH/c1-13(25-3)14-10-16-17(21-12-14)22-18(23(16)8-9-24-2)15-11-19(15)4-6-20-7-5-19;/h10,12-13,15,20H,4-9,11H2,1-3H3;1H. The minimum atomic E-state index is 0. The van der Waals surface area contributed by atoms with Crippen LogP contribution in [0.15, 0.2) is 12.3 Å². The number of nitrogens with zero attached hydrogens (tertiary/aromatic N) is 3. The molecule has 1 aliphatic heterocycles. The Hall–Kier alpha value is -1.21. The highest BCUT2D eigenvalue weighted by molar-refractivity contribution is 5.85. The van der Waals surface area contributed by atoms with Gasteiger partial charge in [-0.05, 0) is 50.8 Å². The third-order valence-electron chi connectivity index (χ3n) is 6.10. The van der Waals surface area contributed by atoms with E-state index in [1.165, 1.54) is 25.1 Å². The van der Waals surface area contributed by atoms with E-state index in [9.17, 15) is 0 Å². The highest BCUT2D eigenvalue weighted by Crippen LogP contribution is 2.64. The van der Waals surface area contributed by atoms with Crippen LogP contribution in [0.1, 0.15) is 49.6 Å². The summed E-state index contributed by atoms with van der Waals surface area (Å²) >= 11 is 0. The van der Waals surface area contributed by atoms with Gasteiger partial charge in [0.25, 0.3) is 0 Å². The predicted octanol–water partition coefficient (Wildman–Crippen LogP) is 3.06. The molecule has 26 heavy (non-hydrogen) atoms. The van der Waals surface area contributed by atoms with Crippen molar-refractivity contribution in [2.45, 2.75) is 44.8 Å². The topological polar surface area (TPSA) is 61.2 Å². The summed E-state index contributed by atoms with van der Waals surface area (Å²) in [5, 5.41) is 3.48. The zero-order valence-corrected chi connectivity index (χ0v) is 16.6. The predicted molar refractivity (Wildman–Crippen MR) is 104 cm³/mol. The van der Waals surface area contributed by atoms with E-state index in [0.717, 1.165) is 36.4 Å². The maximum atomic E-state index is 5.46. The first-order valence-corrected chi connectivity index (χ1v) is 9.27. The Labute approximate surface area is 161 Å². The number of nitrogens with one attached hydrogen (secondary N) is 1. The molecule has 144 valence electrons. The average molecular weight is 381 g/mol. The molecular formula is C19H29ClN4O2. The van der Waals surface area contributed by atoms with Gasteiger partial charge in [-0.1, -0.05) is 0 Å². The number of rotatable bonds is 6. The fourth-order valence-electron chi connectivity index (χ4n) is 4.27. The van der Waals surface area contributed by atoms with Crippen molar-refractivity contribution in [2.24, 2.45) is 5.41 Å². The molecule has 2 aromatic rings. The average Bonchev–Trinajstić information content (AvgIpc) is 3.20. The normalized spacial score (nSPS) is 22.3. The molecule has 0 radical (unpaired) electrons. The molecule has 1 saturated carbocycles. The smallest absolute Gasteiger partial charge is 0.177 e. The van der Waals surface area contributed by atoms with E-state index >= 15 is 0 Å². The van der Waals surface area contributed by atoms with Crippen molar-refractivity contribution < 1.29 is 9.47 Å². The maximum Gasteiger partial charge on any atom is 0.177 e. The number of piperidine rings is 1. The van der Waals surface area contributed by atoms with Gasteiger partial charge in [0.15, 0.2) is 5.65 Å². The second-order valence-corrected chi connectivity index (χ2v) is 7.47. The first-order valence-electron chi connectivity index (χ1n) is 9.27. The van der Waals surface area contributed by atoms with E-state index in [2.05, 4.69) is 20.9 Å². The maximum absolute atomic E-state index is 5.46. The third kappa shape index (κ3) is 3.36. The highest BCUT2D eigenvalue weighted by atomic mass is 35.5. The Kier molecular flexibility index (Phi) is 5.87. The molecule has 4 rings (SSSR count). The molecule has 1 saturated heterocycles. The van der Waals surface area contributed by atoms with Crippen molar-refractivity contribution in [3.05, 3.63) is 23.7 Å². The van der Waals surface area contributed by atoms with Crippen molar-refractivity contribution in [1.29, 1.82) is 0 Å². The molecule has 0 bridgehead atoms. The van der Waals surface area contributed by atoms with Crippen molar-refractivity contribution in [3.8, 4) is 0 Å². The lowest BCUT2D eigenvalue weighted by Gasteiger charge is -2.23. The molecule has 1 spiro atoms. The van der Waals surface area contributed by atoms with Gasteiger partial charge in [-0.2, -0.15) is 0 Å². The number of pyridine rings is 1. The zero-order chi connectivity index (χ0) is 17.4. The zero-order valence-electron chi connectivity index (χ0n) is 15.8. The molecule has 2 aromatic heterocycles. The molecule has 2 aliphatic rings. The van der Waals surface area contributed by atoms with Crippen LogP contribution in [0.3, 0.4) is 0 Å². The Morgan fingerprint density at radius 3 is 2.81 bits per heavy atom. The Morgan fingerprint density at radius 2 is 2.12 bits per heavy atom. The van der Waals surface area contributed by atoms with Gasteiger partial charge >= 0.3 is 0 Å². The molecule has 0 aromatic carbocycles. The third-order valence-corrected chi connectivity index (χ3v) is 6.10. The second-order valence-electron chi connectivity index (χ2n) is 7.47. The molecule has 0 amide bonds. The number of imidazole rings is 1. The van der Waals surface area contributed by atoms with Crippen molar-refractivity contribution >= 4 is 23.6 Å². The van der Waals surface area contributed by atoms with Crippen molar-refractivity contribution in [2.75, 3.05) is 33.9 Å². The Bertz CT molecular complexity index is 757. The lowest BCUT2D eigenvalue weighted by molar-refractivity contribution is 0.119. The second kappa shape index (κ2) is 7.80. The van der Waals surface area contributed by atoms with E-state index < -0.39 is 0 Å². The van der Waals surface area contributed by atoms with Gasteiger partial charge in [-0.25, -0.2) is 9.97 Å². The first-order chi connectivity index (χ1) is 12.2. The van der Waals surface area contributed by atoms with E-state index in [1.807, 2.05) is 13.1 Å². The van der Waals surface area contributed by atoms with Gasteiger partial charge in [-0.3, -0.25) is 0 Å². The summed E-state index contributed by atoms with van der Waals surface area (Å²) in [5.74, 6) is 1.76. The number of aromatic nitrogens is 3. The minimum absolute atomic E-state index is 0. The molecule has 2 atom stereocenters. The van der Waals surface area contributed by atoms with Crippen LogP contribution in [0.25, 0.3) is 11.2 Å². The first kappa shape index (κ1) is 19.5. The SMILES string of the molecule is COCCn1c(C2CC23CCNCC3)nc2ncc(C(C)OC)cc21.Cl. The van der Waals surface area contributed by atoms with Gasteiger partial charge < -0.3 is 19.4 Å². The van der Waals surface area contributed by atoms with E-state index in [4.69, 9.17) is 14.5 Å². The Balaban J connectivity index is 0.00000196. The molecule has 1 N–H and O–H groups in total. The Morgan fingerprint density at radius 1 is 1.35 bits per heavy atom. The largest absolute Gasteiger partial charge is 0.383 e. The van der Waals surface area contributed by atoms with Crippen molar-refractivity contribution in [3.63, 3.8) is 0 Å². The van der Waals surface area contributed by atoms with Gasteiger partial charge in [0.1, 0.15) is 5.82 Å². The summed E-state index contributed by atoms with van der Waals surface area (Å²) in [4.78, 5) is 9.56. The van der Waals surface area contributed by atoms with Crippen LogP contribution in [-0.2, 0) is 16.0 Å². The lowest BCUT2D eigenvalue weighted by atomic mass is 9.92. The van der Waals surface area contributed by atoms with Gasteiger partial charge in [-0.15, -0.1) is 12.4 Å². The van der Waals surface area contributed by atoms with Crippen LogP contribution in [0.4, 0.5) is 0 Å². The number of hydrogen-bond donors (Lipinski definition) is 1. The summed E-state index contributed by atoms with van der Waals surface area (Å²) in [6, 6.07) is 2.18. The fourth-order valence-corrected chi connectivity index (χ4v) is 4.27. The van der Waals surface area contributed by atoms with E-state index in [-0.39, 0.29) is 18.5 Å². The molecule has 6 nitrogen and oxygen atoms in total. The summed E-state index contributed by atoms with van der Waals surface area (Å²) < 4.78 is 13.1. The molecular weight excluding hydrogens is 352 g/mol. The molecule has 2 unspecified atom stereocenters. The highest BCUT2D eigenvalue weighted by Gasteiger charge is 2.56. The lowest BCUT2D eigenvalue weighted by Crippen LogP contribution is -2.29. The van der Waals surface area contributed by atoms with Crippen LogP contribution in [0.5, 0.6) is 0 Å². The monoisotopic (exact) mass is 380 g/mol. The van der Waals surface area contributed by atoms with E-state index in [1.54, 1.807) is 14.2 Å². The van der Waals surface area contributed by atoms with E-state index in [0.29, 0.717) is 17.9 Å². The van der Waals surface area contributed by atoms with Crippen LogP contribution >= 0.6 is 12.4 Å². The molecule has 2 fully saturated rings. The number of fused-ring (bicyclic) bond motifs is 1. The van der Waals surface area contributed by atoms with Crippen LogP contribution in [0.2, 0.25) is 0 Å². The molecule has 7 heteroatoms.